The van der Waals surface area contributed by atoms with Crippen LogP contribution in [0.4, 0.5) is 0 Å². The molecular weight excluding hydrogens is 262 g/mol. The van der Waals surface area contributed by atoms with Gasteiger partial charge in [0.15, 0.2) is 0 Å². The molecule has 2 aliphatic rings. The van der Waals surface area contributed by atoms with Crippen LogP contribution in [0.25, 0.3) is 0 Å². The number of rotatable bonds is 6. The third-order valence-corrected chi connectivity index (χ3v) is 4.56. The standard InChI is InChI=1S/C17H33N3O/c1-13(2)8-20(9-14(3)4)17(21)12-19-10-15-6-5-7-18-16(15)11-19/h13-16,18H,5-12H2,1-4H3/t15-,16+/m0/s1. The average molecular weight is 295 g/mol. The van der Waals surface area contributed by atoms with E-state index in [0.29, 0.717) is 30.3 Å². The lowest BCUT2D eigenvalue weighted by Crippen LogP contribution is -2.44. The molecule has 0 unspecified atom stereocenters. The van der Waals surface area contributed by atoms with E-state index in [0.717, 1.165) is 38.6 Å². The predicted octanol–water partition coefficient (Wildman–Crippen LogP) is 1.81. The van der Waals surface area contributed by atoms with Crippen LogP contribution in [-0.2, 0) is 4.79 Å². The minimum Gasteiger partial charge on any atom is -0.341 e. The molecule has 0 aliphatic carbocycles. The summed E-state index contributed by atoms with van der Waals surface area (Å²) in [6.07, 6.45) is 2.61. The quantitative estimate of drug-likeness (QED) is 0.812. The van der Waals surface area contributed by atoms with Gasteiger partial charge >= 0.3 is 0 Å². The number of piperidine rings is 1. The zero-order valence-electron chi connectivity index (χ0n) is 14.3. The van der Waals surface area contributed by atoms with Crippen molar-refractivity contribution < 1.29 is 4.79 Å². The molecule has 21 heavy (non-hydrogen) atoms. The maximum atomic E-state index is 12.6. The molecule has 2 rings (SSSR count). The molecule has 2 saturated heterocycles. The summed E-state index contributed by atoms with van der Waals surface area (Å²) in [4.78, 5) is 17.1. The van der Waals surface area contributed by atoms with Crippen LogP contribution in [0, 0.1) is 17.8 Å². The van der Waals surface area contributed by atoms with Crippen molar-refractivity contribution in [2.24, 2.45) is 17.8 Å². The van der Waals surface area contributed by atoms with Crippen LogP contribution < -0.4 is 5.32 Å². The summed E-state index contributed by atoms with van der Waals surface area (Å²) in [6, 6.07) is 0.621. The highest BCUT2D eigenvalue weighted by Crippen LogP contribution is 2.24. The fraction of sp³-hybridized carbons (Fsp3) is 0.941. The van der Waals surface area contributed by atoms with E-state index in [4.69, 9.17) is 0 Å². The third-order valence-electron chi connectivity index (χ3n) is 4.56. The van der Waals surface area contributed by atoms with Gasteiger partial charge < -0.3 is 10.2 Å². The number of fused-ring (bicyclic) bond motifs is 1. The van der Waals surface area contributed by atoms with Gasteiger partial charge in [-0.15, -0.1) is 0 Å². The first kappa shape index (κ1) is 16.8. The Bertz CT molecular complexity index is 319. The van der Waals surface area contributed by atoms with Crippen LogP contribution in [0.5, 0.6) is 0 Å². The van der Waals surface area contributed by atoms with Crippen LogP contribution in [0.2, 0.25) is 0 Å². The first-order chi connectivity index (χ1) is 9.95. The van der Waals surface area contributed by atoms with E-state index in [-0.39, 0.29) is 0 Å². The third kappa shape index (κ3) is 4.96. The van der Waals surface area contributed by atoms with Gasteiger partial charge in [-0.05, 0) is 37.1 Å². The molecule has 0 saturated carbocycles. The summed E-state index contributed by atoms with van der Waals surface area (Å²) in [7, 11) is 0. The number of carbonyl (C=O) groups is 1. The van der Waals surface area contributed by atoms with Crippen molar-refractivity contribution in [3.05, 3.63) is 0 Å². The normalized spacial score (nSPS) is 26.4. The first-order valence-corrected chi connectivity index (χ1v) is 8.69. The van der Waals surface area contributed by atoms with Crippen molar-refractivity contribution in [1.82, 2.24) is 15.1 Å². The Kier molecular flexibility index (Phi) is 6.06. The summed E-state index contributed by atoms with van der Waals surface area (Å²) in [5, 5.41) is 3.61. The number of amides is 1. The smallest absolute Gasteiger partial charge is 0.236 e. The lowest BCUT2D eigenvalue weighted by Gasteiger charge is -2.28. The van der Waals surface area contributed by atoms with Gasteiger partial charge in [-0.3, -0.25) is 9.69 Å². The maximum absolute atomic E-state index is 12.6. The summed E-state index contributed by atoms with van der Waals surface area (Å²) in [5.74, 6) is 2.15. The van der Waals surface area contributed by atoms with E-state index in [9.17, 15) is 4.79 Å². The molecule has 0 spiro atoms. The Balaban J connectivity index is 1.86. The van der Waals surface area contributed by atoms with Crippen LogP contribution >= 0.6 is 0 Å². The Morgan fingerprint density at radius 1 is 1.19 bits per heavy atom. The molecule has 0 radical (unpaired) electrons. The van der Waals surface area contributed by atoms with Gasteiger partial charge in [0.2, 0.25) is 5.91 Å². The number of nitrogens with one attached hydrogen (secondary N) is 1. The molecule has 4 heteroatoms. The second kappa shape index (κ2) is 7.59. The Labute approximate surface area is 130 Å². The molecule has 0 aromatic carbocycles. The van der Waals surface area contributed by atoms with E-state index >= 15 is 0 Å². The number of carbonyl (C=O) groups excluding carboxylic acids is 1. The lowest BCUT2D eigenvalue weighted by atomic mass is 9.94. The monoisotopic (exact) mass is 295 g/mol. The van der Waals surface area contributed by atoms with E-state index in [1.807, 2.05) is 0 Å². The molecule has 4 nitrogen and oxygen atoms in total. The molecule has 0 bridgehead atoms. The topological polar surface area (TPSA) is 35.6 Å². The van der Waals surface area contributed by atoms with Gasteiger partial charge in [-0.25, -0.2) is 0 Å². The summed E-state index contributed by atoms with van der Waals surface area (Å²) in [5.41, 5.74) is 0. The fourth-order valence-corrected chi connectivity index (χ4v) is 3.72. The molecule has 2 atom stereocenters. The van der Waals surface area contributed by atoms with Gasteiger partial charge in [0.05, 0.1) is 6.54 Å². The average Bonchev–Trinajstić information content (AvgIpc) is 2.78. The van der Waals surface area contributed by atoms with Crippen LogP contribution in [0.1, 0.15) is 40.5 Å². The Morgan fingerprint density at radius 2 is 1.86 bits per heavy atom. The largest absolute Gasteiger partial charge is 0.341 e. The summed E-state index contributed by atoms with van der Waals surface area (Å²) >= 11 is 0. The first-order valence-electron chi connectivity index (χ1n) is 8.69. The molecule has 0 aromatic heterocycles. The van der Waals surface area contributed by atoms with E-state index in [1.165, 1.54) is 12.8 Å². The molecule has 2 aliphatic heterocycles. The molecule has 0 aromatic rings. The molecule has 1 N–H and O–H groups in total. The highest BCUT2D eigenvalue weighted by Gasteiger charge is 2.35. The summed E-state index contributed by atoms with van der Waals surface area (Å²) in [6.45, 7) is 14.4. The van der Waals surface area contributed by atoms with E-state index < -0.39 is 0 Å². The number of likely N-dealkylation sites (tertiary alicyclic amines) is 1. The molecule has 1 amide bonds. The number of hydrogen-bond acceptors (Lipinski definition) is 3. The second-order valence-electron chi connectivity index (χ2n) is 7.74. The minimum atomic E-state index is 0.316. The van der Waals surface area contributed by atoms with Crippen molar-refractivity contribution in [3.8, 4) is 0 Å². The zero-order chi connectivity index (χ0) is 15.4. The molecular formula is C17H33N3O. The molecule has 2 heterocycles. The Morgan fingerprint density at radius 3 is 2.43 bits per heavy atom. The van der Waals surface area contributed by atoms with Crippen LogP contribution in [0.3, 0.4) is 0 Å². The SMILES string of the molecule is CC(C)CN(CC(C)C)C(=O)CN1C[C@@H]2CCCN[C@@H]2C1. The number of hydrogen-bond donors (Lipinski definition) is 1. The Hall–Kier alpha value is -0.610. The maximum Gasteiger partial charge on any atom is 0.236 e. The second-order valence-corrected chi connectivity index (χ2v) is 7.74. The van der Waals surface area contributed by atoms with Gasteiger partial charge in [0.25, 0.3) is 0 Å². The van der Waals surface area contributed by atoms with Crippen molar-refractivity contribution in [1.29, 1.82) is 0 Å². The van der Waals surface area contributed by atoms with E-state index in [2.05, 4.69) is 42.8 Å². The fourth-order valence-electron chi connectivity index (χ4n) is 3.72. The van der Waals surface area contributed by atoms with Crippen molar-refractivity contribution in [2.45, 2.75) is 46.6 Å². The highest BCUT2D eigenvalue weighted by atomic mass is 16.2. The molecule has 122 valence electrons. The van der Waals surface area contributed by atoms with Gasteiger partial charge in [-0.1, -0.05) is 27.7 Å². The van der Waals surface area contributed by atoms with Crippen LogP contribution in [0.15, 0.2) is 0 Å². The van der Waals surface area contributed by atoms with Crippen molar-refractivity contribution >= 4 is 5.91 Å². The van der Waals surface area contributed by atoms with Gasteiger partial charge in [0.1, 0.15) is 0 Å². The van der Waals surface area contributed by atoms with E-state index in [1.54, 1.807) is 0 Å². The van der Waals surface area contributed by atoms with Crippen LogP contribution in [-0.4, -0.2) is 61.0 Å². The summed E-state index contributed by atoms with van der Waals surface area (Å²) < 4.78 is 0. The van der Waals surface area contributed by atoms with Gasteiger partial charge in [-0.2, -0.15) is 0 Å². The van der Waals surface area contributed by atoms with Crippen molar-refractivity contribution in [2.75, 3.05) is 39.3 Å². The minimum absolute atomic E-state index is 0.316. The van der Waals surface area contributed by atoms with Gasteiger partial charge in [0, 0.05) is 32.2 Å². The highest BCUT2D eigenvalue weighted by molar-refractivity contribution is 5.78. The zero-order valence-corrected chi connectivity index (χ0v) is 14.3. The van der Waals surface area contributed by atoms with Crippen molar-refractivity contribution in [3.63, 3.8) is 0 Å². The number of nitrogens with zero attached hydrogens (tertiary/aromatic N) is 2. The predicted molar refractivity (Wildman–Crippen MR) is 87.2 cm³/mol. The molecule has 2 fully saturated rings. The lowest BCUT2D eigenvalue weighted by molar-refractivity contribution is -0.133.